The van der Waals surface area contributed by atoms with E-state index in [0.29, 0.717) is 18.8 Å². The summed E-state index contributed by atoms with van der Waals surface area (Å²) < 4.78 is 2.10. The molecule has 0 aliphatic heterocycles. The third-order valence-corrected chi connectivity index (χ3v) is 5.31. The molecule has 1 heterocycles. The number of rotatable bonds is 7. The Hall–Kier alpha value is -2.53. The van der Waals surface area contributed by atoms with Crippen LogP contribution in [0.5, 0.6) is 0 Å². The highest BCUT2D eigenvalue weighted by molar-refractivity contribution is 7.99. The first-order valence-corrected chi connectivity index (χ1v) is 9.56. The van der Waals surface area contributed by atoms with E-state index in [-0.39, 0.29) is 5.91 Å². The van der Waals surface area contributed by atoms with Crippen LogP contribution in [0.2, 0.25) is 0 Å². The second-order valence-corrected chi connectivity index (χ2v) is 7.19. The molecule has 0 fully saturated rings. The van der Waals surface area contributed by atoms with Crippen molar-refractivity contribution in [3.8, 4) is 0 Å². The lowest BCUT2D eigenvalue weighted by Gasteiger charge is -2.18. The van der Waals surface area contributed by atoms with Gasteiger partial charge in [-0.2, -0.15) is 0 Å². The number of thioether (sulfide) groups is 1. The van der Waals surface area contributed by atoms with Crippen molar-refractivity contribution in [2.24, 2.45) is 0 Å². The van der Waals surface area contributed by atoms with Crippen molar-refractivity contribution in [2.75, 3.05) is 12.8 Å². The number of carbonyl (C=O) groups excluding carboxylic acids is 1. The van der Waals surface area contributed by atoms with Crippen molar-refractivity contribution in [3.05, 3.63) is 72.3 Å². The van der Waals surface area contributed by atoms with Crippen molar-refractivity contribution >= 4 is 28.7 Å². The van der Waals surface area contributed by atoms with Gasteiger partial charge in [0.05, 0.1) is 16.8 Å². The molecule has 0 N–H and O–H groups in total. The summed E-state index contributed by atoms with van der Waals surface area (Å²) in [6, 6.07) is 16.2. The smallest absolute Gasteiger partial charge is 0.233 e. The number of fused-ring (bicyclic) bond motifs is 1. The number of imidazole rings is 1. The summed E-state index contributed by atoms with van der Waals surface area (Å²) in [6.45, 7) is 7.20. The second kappa shape index (κ2) is 8.23. The normalized spacial score (nSPS) is 10.8. The molecule has 0 radical (unpaired) electrons. The fraction of sp³-hybridized carbons (Fsp3) is 0.238. The maximum atomic E-state index is 12.6. The van der Waals surface area contributed by atoms with E-state index in [2.05, 4.69) is 35.2 Å². The van der Waals surface area contributed by atoms with Crippen LogP contribution in [0.4, 0.5) is 0 Å². The third-order valence-electron chi connectivity index (χ3n) is 4.35. The molecule has 0 saturated carbocycles. The maximum absolute atomic E-state index is 12.6. The predicted octanol–water partition coefficient (Wildman–Crippen LogP) is 4.28. The van der Waals surface area contributed by atoms with Gasteiger partial charge in [-0.1, -0.05) is 54.2 Å². The minimum Gasteiger partial charge on any atom is -0.341 e. The molecule has 0 aliphatic carbocycles. The van der Waals surface area contributed by atoms with Crippen LogP contribution in [0, 0.1) is 6.92 Å². The molecular weight excluding hydrogens is 342 g/mol. The Labute approximate surface area is 158 Å². The molecule has 5 heteroatoms. The minimum absolute atomic E-state index is 0.0930. The van der Waals surface area contributed by atoms with Crippen LogP contribution in [0.3, 0.4) is 0 Å². The Morgan fingerprint density at radius 1 is 1.23 bits per heavy atom. The number of hydrogen-bond donors (Lipinski definition) is 0. The molecule has 3 rings (SSSR count). The lowest BCUT2D eigenvalue weighted by Crippen LogP contribution is -2.28. The Kier molecular flexibility index (Phi) is 5.78. The number of benzene rings is 2. The van der Waals surface area contributed by atoms with E-state index in [0.717, 1.165) is 16.2 Å². The van der Waals surface area contributed by atoms with Gasteiger partial charge < -0.3 is 9.47 Å². The third kappa shape index (κ3) is 3.99. The molecule has 0 saturated heterocycles. The van der Waals surface area contributed by atoms with Gasteiger partial charge in [-0.05, 0) is 30.2 Å². The van der Waals surface area contributed by atoms with Gasteiger partial charge in [0.1, 0.15) is 0 Å². The van der Waals surface area contributed by atoms with E-state index in [9.17, 15) is 4.79 Å². The van der Waals surface area contributed by atoms with Crippen LogP contribution in [0.15, 0.2) is 66.3 Å². The lowest BCUT2D eigenvalue weighted by molar-refractivity contribution is -0.127. The summed E-state index contributed by atoms with van der Waals surface area (Å²) in [5, 5.41) is 0.851. The van der Waals surface area contributed by atoms with Crippen LogP contribution in [-0.4, -0.2) is 33.2 Å². The van der Waals surface area contributed by atoms with Gasteiger partial charge in [0, 0.05) is 20.1 Å². The molecule has 1 aromatic heterocycles. The zero-order chi connectivity index (χ0) is 18.5. The fourth-order valence-corrected chi connectivity index (χ4v) is 3.80. The van der Waals surface area contributed by atoms with E-state index in [1.165, 1.54) is 22.9 Å². The number of allylic oxidation sites excluding steroid dienone is 1. The summed E-state index contributed by atoms with van der Waals surface area (Å²) in [5.74, 6) is 0.457. The highest BCUT2D eigenvalue weighted by atomic mass is 32.2. The summed E-state index contributed by atoms with van der Waals surface area (Å²) >= 11 is 1.48. The molecule has 134 valence electrons. The molecule has 0 atom stereocenters. The molecule has 4 nitrogen and oxygen atoms in total. The standard InChI is InChI=1S/C21H23N3OS/c1-4-13-24-19-12-8-7-11-18(19)22-21(24)26-15-20(25)23(3)14-17-10-6-5-9-16(17)2/h4-12H,1,13-15H2,2-3H3. The van der Waals surface area contributed by atoms with Gasteiger partial charge in [0.2, 0.25) is 5.91 Å². The zero-order valence-corrected chi connectivity index (χ0v) is 16.0. The molecule has 0 unspecified atom stereocenters. The SMILES string of the molecule is C=CCn1c(SCC(=O)N(C)Cc2ccccc2C)nc2ccccc21. The maximum Gasteiger partial charge on any atom is 0.233 e. The van der Waals surface area contributed by atoms with Crippen LogP contribution in [-0.2, 0) is 17.9 Å². The first-order chi connectivity index (χ1) is 12.6. The molecule has 0 bridgehead atoms. The van der Waals surface area contributed by atoms with Gasteiger partial charge in [-0.3, -0.25) is 4.79 Å². The van der Waals surface area contributed by atoms with Crippen LogP contribution in [0.25, 0.3) is 11.0 Å². The molecule has 26 heavy (non-hydrogen) atoms. The first-order valence-electron chi connectivity index (χ1n) is 8.57. The Bertz CT molecular complexity index is 932. The van der Waals surface area contributed by atoms with E-state index >= 15 is 0 Å². The Morgan fingerprint density at radius 2 is 1.96 bits per heavy atom. The van der Waals surface area contributed by atoms with E-state index in [1.54, 1.807) is 4.90 Å². The lowest BCUT2D eigenvalue weighted by atomic mass is 10.1. The quantitative estimate of drug-likeness (QED) is 0.463. The molecular formula is C21H23N3OS. The fourth-order valence-electron chi connectivity index (χ4n) is 2.84. The molecule has 2 aromatic carbocycles. The van der Waals surface area contributed by atoms with Gasteiger partial charge in [0.25, 0.3) is 0 Å². The number of carbonyl (C=O) groups is 1. The summed E-state index contributed by atoms with van der Waals surface area (Å²) in [6.07, 6.45) is 1.85. The van der Waals surface area contributed by atoms with E-state index < -0.39 is 0 Å². The monoisotopic (exact) mass is 365 g/mol. The number of aromatic nitrogens is 2. The van der Waals surface area contributed by atoms with Crippen molar-refractivity contribution in [1.82, 2.24) is 14.5 Å². The summed E-state index contributed by atoms with van der Waals surface area (Å²) in [4.78, 5) is 19.0. The van der Waals surface area contributed by atoms with Crippen LogP contribution >= 0.6 is 11.8 Å². The topological polar surface area (TPSA) is 38.1 Å². The average Bonchev–Trinajstić information content (AvgIpc) is 2.99. The molecule has 1 amide bonds. The minimum atomic E-state index is 0.0930. The van der Waals surface area contributed by atoms with Crippen molar-refractivity contribution in [1.29, 1.82) is 0 Å². The van der Waals surface area contributed by atoms with Crippen LogP contribution in [0.1, 0.15) is 11.1 Å². The van der Waals surface area contributed by atoms with Crippen molar-refractivity contribution < 1.29 is 4.79 Å². The van der Waals surface area contributed by atoms with Gasteiger partial charge in [-0.15, -0.1) is 6.58 Å². The first kappa shape index (κ1) is 18.3. The molecule has 3 aromatic rings. The average molecular weight is 366 g/mol. The number of para-hydroxylation sites is 2. The highest BCUT2D eigenvalue weighted by Gasteiger charge is 2.15. The van der Waals surface area contributed by atoms with Crippen molar-refractivity contribution in [3.63, 3.8) is 0 Å². The number of amides is 1. The van der Waals surface area contributed by atoms with Crippen molar-refractivity contribution in [2.45, 2.75) is 25.2 Å². The Morgan fingerprint density at radius 3 is 2.73 bits per heavy atom. The van der Waals surface area contributed by atoms with E-state index in [1.807, 2.05) is 49.5 Å². The number of nitrogens with zero attached hydrogens (tertiary/aromatic N) is 3. The van der Waals surface area contributed by atoms with Gasteiger partial charge >= 0.3 is 0 Å². The number of hydrogen-bond acceptors (Lipinski definition) is 3. The Balaban J connectivity index is 1.69. The van der Waals surface area contributed by atoms with Gasteiger partial charge in [-0.25, -0.2) is 4.98 Å². The summed E-state index contributed by atoms with van der Waals surface area (Å²) in [5.41, 5.74) is 4.38. The van der Waals surface area contributed by atoms with E-state index in [4.69, 9.17) is 0 Å². The van der Waals surface area contributed by atoms with Crippen LogP contribution < -0.4 is 0 Å². The summed E-state index contributed by atoms with van der Waals surface area (Å²) in [7, 11) is 1.85. The molecule has 0 aliphatic rings. The second-order valence-electron chi connectivity index (χ2n) is 6.25. The largest absolute Gasteiger partial charge is 0.341 e. The zero-order valence-electron chi connectivity index (χ0n) is 15.2. The van der Waals surface area contributed by atoms with Gasteiger partial charge in [0.15, 0.2) is 5.16 Å². The number of aryl methyl sites for hydroxylation is 1. The highest BCUT2D eigenvalue weighted by Crippen LogP contribution is 2.24. The predicted molar refractivity (Wildman–Crippen MR) is 108 cm³/mol. The molecule has 0 spiro atoms.